The summed E-state index contributed by atoms with van der Waals surface area (Å²) in [4.78, 5) is 10.2. The number of unbranched alkanes of at least 4 members (excludes halogenated alkanes) is 13. The summed E-state index contributed by atoms with van der Waals surface area (Å²) in [7, 11) is 0. The zero-order valence-corrected chi connectivity index (χ0v) is 17.5. The van der Waals surface area contributed by atoms with Crippen LogP contribution in [0.1, 0.15) is 98.2 Å². The predicted molar refractivity (Wildman–Crippen MR) is 88.2 cm³/mol. The minimum atomic E-state index is -0.834. The maximum Gasteiger partial charge on any atom is 1.00 e. The summed E-state index contributed by atoms with van der Waals surface area (Å²) < 4.78 is 0. The number of hydrogen-bond donors (Lipinski definition) is 1. The van der Waals surface area contributed by atoms with Gasteiger partial charge in [0.15, 0.2) is 0 Å². The summed E-state index contributed by atoms with van der Waals surface area (Å²) in [5, 5.41) is 8.43. The van der Waals surface area contributed by atoms with Gasteiger partial charge >= 0.3 is 57.4 Å². The maximum atomic E-state index is 10.2. The van der Waals surface area contributed by atoms with Crippen LogP contribution in [0.25, 0.3) is 0 Å². The third kappa shape index (κ3) is 23.2. The molecule has 0 unspecified atom stereocenters. The Morgan fingerprint density at radius 2 is 1.19 bits per heavy atom. The second kappa shape index (κ2) is 20.8. The van der Waals surface area contributed by atoms with Crippen LogP contribution < -0.4 is 51.4 Å². The molecule has 0 radical (unpaired) electrons. The van der Waals surface area contributed by atoms with Crippen molar-refractivity contribution in [3.05, 3.63) is 12.2 Å². The molecule has 0 amide bonds. The molecule has 0 bridgehead atoms. The molecule has 2 nitrogen and oxygen atoms in total. The molecule has 0 aliphatic carbocycles. The molecule has 0 heterocycles. The molecular weight excluding hydrogens is 287 g/mol. The molecule has 0 aromatic carbocycles. The van der Waals surface area contributed by atoms with E-state index in [2.05, 4.69) is 6.92 Å². The van der Waals surface area contributed by atoms with Gasteiger partial charge in [0.25, 0.3) is 0 Å². The summed E-state index contributed by atoms with van der Waals surface area (Å²) in [6, 6.07) is 0. The van der Waals surface area contributed by atoms with Crippen LogP contribution in [0.4, 0.5) is 0 Å². The summed E-state index contributed by atoms with van der Waals surface area (Å²) in [6.45, 7) is 2.27. The smallest absolute Gasteiger partial charge is 1.00 e. The molecule has 0 fully saturated rings. The Bertz CT molecular complexity index is 245. The van der Waals surface area contributed by atoms with Crippen molar-refractivity contribution in [1.82, 2.24) is 0 Å². The van der Waals surface area contributed by atoms with Gasteiger partial charge in [-0.2, -0.15) is 0 Å². The number of aliphatic carboxylic acids is 1. The second-order valence-corrected chi connectivity index (χ2v) is 5.77. The fraction of sp³-hybridized carbons (Fsp3) is 0.833. The van der Waals surface area contributed by atoms with Crippen LogP contribution in [-0.2, 0) is 4.79 Å². The third-order valence-electron chi connectivity index (χ3n) is 3.73. The van der Waals surface area contributed by atoms with E-state index < -0.39 is 5.97 Å². The number of carbonyl (C=O) groups is 1. The minimum Gasteiger partial charge on any atom is -1.00 e. The monoisotopic (exact) mass is 322 g/mol. The Morgan fingerprint density at radius 1 is 0.810 bits per heavy atom. The Labute approximate surface area is 176 Å². The molecule has 3 heteroatoms. The Morgan fingerprint density at radius 3 is 1.57 bits per heavy atom. The summed E-state index contributed by atoms with van der Waals surface area (Å²) >= 11 is 0. The van der Waals surface area contributed by atoms with Crippen LogP contribution in [0.2, 0.25) is 0 Å². The standard InChI is InChI=1S/C18H34O2.K.H/c1-2-3-4-5-6-7-8-9-10-11-12-13-14-15-16-17-18(19)20;;/h16-17H,2-15H2,1H3,(H,19,20);;/q;+1;-1. The fourth-order valence-electron chi connectivity index (χ4n) is 2.46. The fourth-order valence-corrected chi connectivity index (χ4v) is 2.46. The van der Waals surface area contributed by atoms with Crippen molar-refractivity contribution < 1.29 is 62.7 Å². The minimum absolute atomic E-state index is 0. The van der Waals surface area contributed by atoms with Crippen molar-refractivity contribution in [2.45, 2.75) is 96.8 Å². The van der Waals surface area contributed by atoms with Gasteiger partial charge in [-0.15, -0.1) is 0 Å². The van der Waals surface area contributed by atoms with E-state index in [1.165, 1.54) is 83.1 Å². The van der Waals surface area contributed by atoms with Gasteiger partial charge in [-0.05, 0) is 12.8 Å². The van der Waals surface area contributed by atoms with Gasteiger partial charge in [-0.1, -0.05) is 90.0 Å². The Hall–Kier alpha value is 0.846. The zero-order valence-electron chi connectivity index (χ0n) is 15.4. The van der Waals surface area contributed by atoms with Crippen LogP contribution in [0.5, 0.6) is 0 Å². The quantitative estimate of drug-likeness (QED) is 0.285. The molecule has 0 aliphatic rings. The molecule has 0 saturated carbocycles. The van der Waals surface area contributed by atoms with Gasteiger partial charge < -0.3 is 6.53 Å². The maximum absolute atomic E-state index is 10.2. The van der Waals surface area contributed by atoms with Crippen molar-refractivity contribution in [2.75, 3.05) is 0 Å². The van der Waals surface area contributed by atoms with Crippen LogP contribution in [0.15, 0.2) is 12.2 Å². The Balaban J connectivity index is -0.00000180. The van der Waals surface area contributed by atoms with Crippen molar-refractivity contribution in [2.24, 2.45) is 0 Å². The number of allylic oxidation sites excluding steroid dienone is 1. The molecule has 0 rings (SSSR count). The topological polar surface area (TPSA) is 37.3 Å². The van der Waals surface area contributed by atoms with Crippen molar-refractivity contribution in [3.63, 3.8) is 0 Å². The van der Waals surface area contributed by atoms with Crippen LogP contribution >= 0.6 is 0 Å². The second-order valence-electron chi connectivity index (χ2n) is 5.77. The predicted octanol–water partition coefficient (Wildman–Crippen LogP) is 3.23. The largest absolute Gasteiger partial charge is 1.00 e. The first-order valence-electron chi connectivity index (χ1n) is 8.67. The van der Waals surface area contributed by atoms with Gasteiger partial charge in [0, 0.05) is 6.08 Å². The zero-order chi connectivity index (χ0) is 14.9. The molecule has 0 atom stereocenters. The first kappa shape index (κ1) is 24.1. The van der Waals surface area contributed by atoms with E-state index in [1.54, 1.807) is 6.08 Å². The third-order valence-corrected chi connectivity index (χ3v) is 3.73. The van der Waals surface area contributed by atoms with Crippen molar-refractivity contribution in [3.8, 4) is 0 Å². The number of hydrogen-bond acceptors (Lipinski definition) is 1. The molecule has 0 aromatic heterocycles. The van der Waals surface area contributed by atoms with Gasteiger partial charge in [-0.3, -0.25) is 0 Å². The first-order chi connectivity index (χ1) is 9.77. The van der Waals surface area contributed by atoms with E-state index in [4.69, 9.17) is 5.11 Å². The SMILES string of the molecule is CCCCCCCCCCCCCCCC=CC(=O)O.[H-].[K+]. The molecule has 0 aliphatic heterocycles. The van der Waals surface area contributed by atoms with E-state index in [1.807, 2.05) is 0 Å². The first-order valence-corrected chi connectivity index (χ1v) is 8.67. The van der Waals surface area contributed by atoms with Crippen LogP contribution in [-0.4, -0.2) is 11.1 Å². The molecule has 1 N–H and O–H groups in total. The molecule has 0 aromatic rings. The average Bonchev–Trinajstić information content (AvgIpc) is 2.43. The number of rotatable bonds is 15. The normalized spacial score (nSPS) is 10.7. The average molecular weight is 323 g/mol. The molecular formula is C18H35KO2. The van der Waals surface area contributed by atoms with E-state index in [0.717, 1.165) is 12.8 Å². The number of carboxylic acid groups (broad SMARTS) is 1. The molecule has 21 heavy (non-hydrogen) atoms. The Kier molecular flexibility index (Phi) is 23.9. The van der Waals surface area contributed by atoms with E-state index in [0.29, 0.717) is 0 Å². The summed E-state index contributed by atoms with van der Waals surface area (Å²) in [5.41, 5.74) is 0. The van der Waals surface area contributed by atoms with Crippen molar-refractivity contribution in [1.29, 1.82) is 0 Å². The molecule has 0 spiro atoms. The molecule has 120 valence electrons. The van der Waals surface area contributed by atoms with Gasteiger partial charge in [0.1, 0.15) is 0 Å². The molecule has 0 saturated heterocycles. The van der Waals surface area contributed by atoms with Crippen molar-refractivity contribution >= 4 is 5.97 Å². The van der Waals surface area contributed by atoms with E-state index in [-0.39, 0.29) is 52.8 Å². The van der Waals surface area contributed by atoms with E-state index >= 15 is 0 Å². The summed E-state index contributed by atoms with van der Waals surface area (Å²) in [5.74, 6) is -0.834. The number of carboxylic acids is 1. The van der Waals surface area contributed by atoms with Gasteiger partial charge in [-0.25, -0.2) is 4.79 Å². The van der Waals surface area contributed by atoms with Gasteiger partial charge in [0.05, 0.1) is 0 Å². The van der Waals surface area contributed by atoms with Crippen LogP contribution in [0.3, 0.4) is 0 Å². The summed E-state index contributed by atoms with van der Waals surface area (Å²) in [6.07, 6.45) is 21.6. The van der Waals surface area contributed by atoms with E-state index in [9.17, 15) is 4.79 Å². The van der Waals surface area contributed by atoms with Crippen LogP contribution in [0, 0.1) is 0 Å². The van der Waals surface area contributed by atoms with Gasteiger partial charge in [0.2, 0.25) is 0 Å².